The van der Waals surface area contributed by atoms with Crippen LogP contribution in [0.1, 0.15) is 79.1 Å². The van der Waals surface area contributed by atoms with Crippen molar-refractivity contribution >= 4 is 201 Å². The molecule has 0 saturated heterocycles. The fraction of sp³-hybridized carbons (Fsp3) is 0.286. The summed E-state index contributed by atoms with van der Waals surface area (Å²) in [7, 11) is 0. The molecule has 0 atom stereocenters. The third kappa shape index (κ3) is 10.3. The molecule has 6 aromatic carbocycles. The molecule has 0 N–H and O–H groups in total. The molecule has 68 heavy (non-hydrogen) atoms. The maximum absolute atomic E-state index is 2.34. The van der Waals surface area contributed by atoms with Gasteiger partial charge in [0.25, 0.3) is 0 Å². The number of fused-ring (bicyclic) bond motifs is 14. The van der Waals surface area contributed by atoms with Gasteiger partial charge in [0.15, 0.2) is 0 Å². The standard InChI is InChI=1S/2C28H26S6/c2*1-17-25-29-15-9-3-4-10-16-30-26-18(2)32-28(34-26)24-21-13-7-5-11-19(21)23(27(31-17)33-25)20-12-6-8-14-22(20)24/h2*5-8,11-14H,3-4,9-10,15-16H2,1-2H3. The summed E-state index contributed by atoms with van der Waals surface area (Å²) in [5, 5.41) is 16.8. The minimum absolute atomic E-state index is 1.23. The topological polar surface area (TPSA) is 0 Å². The van der Waals surface area contributed by atoms with Crippen molar-refractivity contribution in [2.75, 3.05) is 23.0 Å². The average molecular weight is 1110 g/mol. The van der Waals surface area contributed by atoms with Crippen LogP contribution in [0, 0.1) is 0 Å². The van der Waals surface area contributed by atoms with E-state index in [-0.39, 0.29) is 0 Å². The Bertz CT molecular complexity index is 2840. The summed E-state index contributed by atoms with van der Waals surface area (Å²) in [6.07, 6.45) is 10.7. The monoisotopic (exact) mass is 1110 g/mol. The Kier molecular flexibility index (Phi) is 16.4. The third-order valence-corrected chi connectivity index (χ3v) is 29.4. The fourth-order valence-corrected chi connectivity index (χ4v) is 26.4. The van der Waals surface area contributed by atoms with Crippen LogP contribution >= 0.6 is 141 Å². The molecule has 0 amide bonds. The quantitative estimate of drug-likeness (QED) is 0.133. The van der Waals surface area contributed by atoms with Gasteiger partial charge < -0.3 is 0 Å². The summed E-state index contributed by atoms with van der Waals surface area (Å²) < 4.78 is 11.8. The second-order valence-electron chi connectivity index (χ2n) is 17.2. The van der Waals surface area contributed by atoms with Crippen molar-refractivity contribution in [3.05, 3.63) is 155 Å². The van der Waals surface area contributed by atoms with Crippen LogP contribution in [0.4, 0.5) is 0 Å². The van der Waals surface area contributed by atoms with Gasteiger partial charge in [-0.3, -0.25) is 0 Å². The van der Waals surface area contributed by atoms with E-state index < -0.39 is 0 Å². The zero-order valence-corrected chi connectivity index (χ0v) is 48.4. The van der Waals surface area contributed by atoms with Crippen LogP contribution in [0.5, 0.6) is 0 Å². The highest BCUT2D eigenvalue weighted by molar-refractivity contribution is 8.43. The fourth-order valence-electron chi connectivity index (χ4n) is 9.27. The number of allylic oxidation sites excluding steroid dienone is 4. The Morgan fingerprint density at radius 1 is 0.235 bits per heavy atom. The van der Waals surface area contributed by atoms with E-state index in [0.29, 0.717) is 0 Å². The number of hydrogen-bond donors (Lipinski definition) is 0. The van der Waals surface area contributed by atoms with Crippen molar-refractivity contribution in [3.63, 3.8) is 0 Å². The molecular formula is C56H52S12. The molecule has 0 aliphatic carbocycles. The van der Waals surface area contributed by atoms with Gasteiger partial charge >= 0.3 is 0 Å². The first-order valence-electron chi connectivity index (χ1n) is 23.5. The normalized spacial score (nSPS) is 20.1. The van der Waals surface area contributed by atoms with Gasteiger partial charge in [0.1, 0.15) is 0 Å². The van der Waals surface area contributed by atoms with Crippen molar-refractivity contribution in [1.82, 2.24) is 0 Å². The maximum atomic E-state index is 2.34. The van der Waals surface area contributed by atoms with Crippen molar-refractivity contribution in [1.29, 1.82) is 0 Å². The summed E-state index contributed by atoms with van der Waals surface area (Å²) in [5.74, 6) is 4.93. The molecule has 0 saturated carbocycles. The molecule has 0 nitrogen and oxygen atoms in total. The molecule has 6 aliphatic heterocycles. The minimum Gasteiger partial charge on any atom is -0.118 e. The van der Waals surface area contributed by atoms with E-state index in [1.165, 1.54) is 192 Å². The Hall–Kier alpha value is -1.000. The van der Waals surface area contributed by atoms with Crippen LogP contribution < -0.4 is 20.9 Å². The molecule has 0 aromatic heterocycles. The highest BCUT2D eigenvalue weighted by Crippen LogP contribution is 2.58. The molecule has 12 rings (SSSR count). The average Bonchev–Trinajstić information content (AvgIpc) is 4.12. The molecule has 0 spiro atoms. The number of rotatable bonds is 0. The third-order valence-electron chi connectivity index (χ3n) is 12.6. The van der Waals surface area contributed by atoms with Crippen LogP contribution in [0.25, 0.3) is 60.0 Å². The van der Waals surface area contributed by atoms with Gasteiger partial charge in [-0.05, 0) is 119 Å². The first-order valence-corrected chi connectivity index (χ1v) is 34.0. The molecule has 12 heteroatoms. The lowest BCUT2D eigenvalue weighted by Gasteiger charge is -2.11. The molecule has 0 unspecified atom stereocenters. The Labute approximate surface area is 452 Å². The van der Waals surface area contributed by atoms with Gasteiger partial charge in [-0.25, -0.2) is 0 Å². The Morgan fingerprint density at radius 2 is 0.426 bits per heavy atom. The van der Waals surface area contributed by atoms with E-state index in [1.54, 1.807) is 0 Å². The van der Waals surface area contributed by atoms with Crippen molar-refractivity contribution in [3.8, 4) is 0 Å². The van der Waals surface area contributed by atoms with Crippen molar-refractivity contribution in [2.45, 2.75) is 79.1 Å². The molecule has 6 heterocycles. The van der Waals surface area contributed by atoms with Crippen LogP contribution in [0.2, 0.25) is 0 Å². The molecule has 6 aliphatic rings. The first kappa shape index (κ1) is 49.2. The van der Waals surface area contributed by atoms with Gasteiger partial charge in [-0.2, -0.15) is 0 Å². The zero-order chi connectivity index (χ0) is 46.1. The predicted molar refractivity (Wildman–Crippen MR) is 333 cm³/mol. The zero-order valence-electron chi connectivity index (χ0n) is 38.6. The van der Waals surface area contributed by atoms with E-state index >= 15 is 0 Å². The van der Waals surface area contributed by atoms with E-state index in [2.05, 4.69) is 172 Å². The number of hydrogen-bond acceptors (Lipinski definition) is 12. The van der Waals surface area contributed by atoms with Crippen LogP contribution in [-0.4, -0.2) is 23.0 Å². The highest BCUT2D eigenvalue weighted by atomic mass is 32.3. The Morgan fingerprint density at radius 3 is 0.618 bits per heavy atom. The van der Waals surface area contributed by atoms with Gasteiger partial charge in [0, 0.05) is 40.5 Å². The minimum atomic E-state index is 1.23. The van der Waals surface area contributed by atoms with Gasteiger partial charge in [0.05, 0.1) is 33.9 Å². The lowest BCUT2D eigenvalue weighted by Crippen LogP contribution is -2.16. The van der Waals surface area contributed by atoms with Crippen molar-refractivity contribution in [2.24, 2.45) is 0 Å². The van der Waals surface area contributed by atoms with E-state index in [4.69, 9.17) is 0 Å². The summed E-state index contributed by atoms with van der Waals surface area (Å²) in [4.78, 5) is 5.88. The number of benzene rings is 6. The predicted octanol–water partition coefficient (Wildman–Crippen LogP) is 19.0. The van der Waals surface area contributed by atoms with E-state index in [0.717, 1.165) is 0 Å². The lowest BCUT2D eigenvalue weighted by atomic mass is 9.99. The van der Waals surface area contributed by atoms with Crippen LogP contribution in [-0.2, 0) is 0 Å². The Balaban J connectivity index is 0.000000149. The summed E-state index contributed by atoms with van der Waals surface area (Å²) in [6, 6.07) is 36.4. The van der Waals surface area contributed by atoms with Crippen LogP contribution in [0.3, 0.4) is 0 Å². The number of thioether (sulfide) groups is 12. The lowest BCUT2D eigenvalue weighted by molar-refractivity contribution is 0.712. The second-order valence-corrected chi connectivity index (χ2v) is 32.7. The molecule has 6 aromatic rings. The molecule has 348 valence electrons. The second kappa shape index (κ2) is 22.6. The van der Waals surface area contributed by atoms with Crippen molar-refractivity contribution < 1.29 is 0 Å². The van der Waals surface area contributed by atoms with Crippen LogP contribution in [0.15, 0.2) is 134 Å². The first-order chi connectivity index (χ1) is 33.4. The molecule has 12 bridgehead atoms. The smallest absolute Gasteiger partial charge is 0.0586 e. The highest BCUT2D eigenvalue weighted by Gasteiger charge is 2.26. The molecular weight excluding hydrogens is 1060 g/mol. The maximum Gasteiger partial charge on any atom is 0.0586 e. The summed E-state index contributed by atoms with van der Waals surface area (Å²) in [5.41, 5.74) is 0. The summed E-state index contributed by atoms with van der Waals surface area (Å²) >= 11 is 24.3. The van der Waals surface area contributed by atoms with E-state index in [9.17, 15) is 0 Å². The molecule has 0 radical (unpaired) electrons. The van der Waals surface area contributed by atoms with Gasteiger partial charge in [-0.15, -0.1) is 47.0 Å². The van der Waals surface area contributed by atoms with E-state index in [1.807, 2.05) is 94.1 Å². The SMILES string of the molecule is CC1=C2SCCCCCCSC3=C(C)SC(=c4c5ccccc5c(c5ccccc45)=C(S1)S2)S3.CC1=C2SCCCCCCSC3=C(C)SC(=c4c5ccccc5c(c5ccccc45)=C(S1)S2)S3. The van der Waals surface area contributed by atoms with Gasteiger partial charge in [0.2, 0.25) is 0 Å². The largest absolute Gasteiger partial charge is 0.118 e. The summed E-state index contributed by atoms with van der Waals surface area (Å²) in [6.45, 7) is 9.23. The molecule has 0 fully saturated rings. The van der Waals surface area contributed by atoms with Gasteiger partial charge in [-0.1, -0.05) is 217 Å².